The van der Waals surface area contributed by atoms with E-state index in [2.05, 4.69) is 29.0 Å². The summed E-state index contributed by atoms with van der Waals surface area (Å²) in [7, 11) is 1.79. The van der Waals surface area contributed by atoms with E-state index in [1.54, 1.807) is 7.11 Å². The minimum atomic E-state index is 0. The number of nitrogens with one attached hydrogen (secondary N) is 1. The van der Waals surface area contributed by atoms with E-state index < -0.39 is 0 Å². The highest BCUT2D eigenvalue weighted by Gasteiger charge is 2.24. The number of methoxy groups -OCH3 is 1. The number of piperidine rings is 1. The summed E-state index contributed by atoms with van der Waals surface area (Å²) < 4.78 is 5.29. The fourth-order valence-corrected chi connectivity index (χ4v) is 3.60. The minimum absolute atomic E-state index is 0. The number of nitrogens with zero attached hydrogens (tertiary/aromatic N) is 3. The second-order valence-corrected chi connectivity index (χ2v) is 6.67. The molecule has 2 saturated heterocycles. The van der Waals surface area contributed by atoms with Crippen LogP contribution in [0.1, 0.15) is 39.5 Å². The van der Waals surface area contributed by atoms with Crippen molar-refractivity contribution < 1.29 is 4.74 Å². The maximum atomic E-state index is 5.29. The largest absolute Gasteiger partial charge is 0.384 e. The molecule has 0 spiro atoms. The van der Waals surface area contributed by atoms with Gasteiger partial charge in [-0.1, -0.05) is 6.42 Å². The Bertz CT molecular complexity index is 353. The van der Waals surface area contributed by atoms with Crippen molar-refractivity contribution in [2.75, 3.05) is 53.0 Å². The third-order valence-corrected chi connectivity index (χ3v) is 4.91. The van der Waals surface area contributed by atoms with Gasteiger partial charge in [0, 0.05) is 45.2 Å². The summed E-state index contributed by atoms with van der Waals surface area (Å²) in [6.07, 6.45) is 5.28. The Kier molecular flexibility index (Phi) is 10.5. The Balaban J connectivity index is 0.00000264. The quantitative estimate of drug-likeness (QED) is 0.393. The number of aliphatic imine (C=N–C) groups is 1. The van der Waals surface area contributed by atoms with Crippen LogP contribution in [0.4, 0.5) is 0 Å². The number of halogens is 1. The van der Waals surface area contributed by atoms with Gasteiger partial charge in [-0.05, 0) is 39.7 Å². The molecule has 0 aromatic carbocycles. The molecule has 0 aromatic rings. The first-order valence-corrected chi connectivity index (χ1v) is 9.00. The maximum absolute atomic E-state index is 5.29. The van der Waals surface area contributed by atoms with Crippen LogP contribution in [0.3, 0.4) is 0 Å². The van der Waals surface area contributed by atoms with Crippen molar-refractivity contribution in [1.82, 2.24) is 15.1 Å². The van der Waals surface area contributed by atoms with Crippen LogP contribution in [-0.4, -0.2) is 74.8 Å². The molecular formula is C17H35IN4O. The molecule has 2 fully saturated rings. The third kappa shape index (κ3) is 6.74. The van der Waals surface area contributed by atoms with E-state index in [-0.39, 0.29) is 24.0 Å². The SMILES string of the molecule is CCNC(=NCCN1CCCCC1C)N1CCC(COC)C1.I. The lowest BCUT2D eigenvalue weighted by atomic mass is 10.0. The summed E-state index contributed by atoms with van der Waals surface area (Å²) in [6.45, 7) is 11.7. The average molecular weight is 438 g/mol. The second-order valence-electron chi connectivity index (χ2n) is 6.67. The highest BCUT2D eigenvalue weighted by molar-refractivity contribution is 14.0. The van der Waals surface area contributed by atoms with Gasteiger partial charge >= 0.3 is 0 Å². The van der Waals surface area contributed by atoms with Crippen LogP contribution in [0.2, 0.25) is 0 Å². The number of ether oxygens (including phenoxy) is 1. The number of guanidine groups is 1. The first-order valence-electron chi connectivity index (χ1n) is 9.00. The number of hydrogen-bond acceptors (Lipinski definition) is 3. The first kappa shape index (κ1) is 21.0. The van der Waals surface area contributed by atoms with Crippen LogP contribution in [0.15, 0.2) is 4.99 Å². The number of likely N-dealkylation sites (tertiary alicyclic amines) is 2. The Hall–Kier alpha value is -0.0800. The normalized spacial score (nSPS) is 26.2. The summed E-state index contributed by atoms with van der Waals surface area (Å²) in [5.74, 6) is 1.74. The van der Waals surface area contributed by atoms with Gasteiger partial charge in [-0.15, -0.1) is 24.0 Å². The molecule has 0 saturated carbocycles. The van der Waals surface area contributed by atoms with E-state index in [4.69, 9.17) is 9.73 Å². The minimum Gasteiger partial charge on any atom is -0.384 e. The van der Waals surface area contributed by atoms with Crippen molar-refractivity contribution in [1.29, 1.82) is 0 Å². The van der Waals surface area contributed by atoms with Crippen molar-refractivity contribution in [3.05, 3.63) is 0 Å². The molecule has 2 aliphatic heterocycles. The van der Waals surface area contributed by atoms with Gasteiger partial charge in [-0.3, -0.25) is 9.89 Å². The predicted molar refractivity (Wildman–Crippen MR) is 108 cm³/mol. The molecule has 0 aromatic heterocycles. The van der Waals surface area contributed by atoms with Crippen molar-refractivity contribution >= 4 is 29.9 Å². The highest BCUT2D eigenvalue weighted by atomic mass is 127. The fourth-order valence-electron chi connectivity index (χ4n) is 3.60. The van der Waals surface area contributed by atoms with Crippen LogP contribution >= 0.6 is 24.0 Å². The molecule has 2 rings (SSSR count). The molecular weight excluding hydrogens is 403 g/mol. The molecule has 2 unspecified atom stereocenters. The van der Waals surface area contributed by atoms with Crippen LogP contribution in [0.5, 0.6) is 0 Å². The molecule has 0 bridgehead atoms. The van der Waals surface area contributed by atoms with Crippen LogP contribution in [-0.2, 0) is 4.74 Å². The van der Waals surface area contributed by atoms with Crippen LogP contribution < -0.4 is 5.32 Å². The van der Waals surface area contributed by atoms with E-state index in [9.17, 15) is 0 Å². The van der Waals surface area contributed by atoms with Gasteiger partial charge in [0.15, 0.2) is 5.96 Å². The summed E-state index contributed by atoms with van der Waals surface area (Å²) in [4.78, 5) is 9.85. The fraction of sp³-hybridized carbons (Fsp3) is 0.941. The van der Waals surface area contributed by atoms with Crippen molar-refractivity contribution in [3.63, 3.8) is 0 Å². The topological polar surface area (TPSA) is 40.1 Å². The summed E-state index contributed by atoms with van der Waals surface area (Å²) in [6, 6.07) is 0.726. The molecule has 23 heavy (non-hydrogen) atoms. The Labute approximate surface area is 159 Å². The molecule has 5 nitrogen and oxygen atoms in total. The smallest absolute Gasteiger partial charge is 0.193 e. The first-order chi connectivity index (χ1) is 10.7. The van der Waals surface area contributed by atoms with E-state index in [1.807, 2.05) is 0 Å². The number of rotatable bonds is 6. The van der Waals surface area contributed by atoms with Crippen LogP contribution in [0, 0.1) is 5.92 Å². The molecule has 0 radical (unpaired) electrons. The Morgan fingerprint density at radius 3 is 2.78 bits per heavy atom. The standard InChI is InChI=1S/C17H34N4O.HI/c1-4-18-17(21-11-8-16(13-21)14-22-3)19-9-12-20-10-6-5-7-15(20)2;/h15-16H,4-14H2,1-3H3,(H,18,19);1H. The molecule has 2 atom stereocenters. The van der Waals surface area contributed by atoms with E-state index >= 15 is 0 Å². The van der Waals surface area contributed by atoms with Gasteiger partial charge < -0.3 is 15.0 Å². The van der Waals surface area contributed by atoms with E-state index in [1.165, 1.54) is 32.2 Å². The molecule has 2 aliphatic rings. The molecule has 1 N–H and O–H groups in total. The lowest BCUT2D eigenvalue weighted by Crippen LogP contribution is -2.42. The lowest BCUT2D eigenvalue weighted by molar-refractivity contribution is 0.157. The van der Waals surface area contributed by atoms with Crippen molar-refractivity contribution in [2.24, 2.45) is 10.9 Å². The zero-order chi connectivity index (χ0) is 15.8. The zero-order valence-electron chi connectivity index (χ0n) is 15.1. The molecule has 2 heterocycles. The van der Waals surface area contributed by atoms with Gasteiger partial charge in [-0.2, -0.15) is 0 Å². The lowest BCUT2D eigenvalue weighted by Gasteiger charge is -2.33. The Morgan fingerprint density at radius 1 is 1.26 bits per heavy atom. The molecule has 0 aliphatic carbocycles. The van der Waals surface area contributed by atoms with Gasteiger partial charge in [0.1, 0.15) is 0 Å². The average Bonchev–Trinajstić information content (AvgIpc) is 2.97. The summed E-state index contributed by atoms with van der Waals surface area (Å²) in [5, 5.41) is 3.45. The second kappa shape index (κ2) is 11.5. The monoisotopic (exact) mass is 438 g/mol. The summed E-state index contributed by atoms with van der Waals surface area (Å²) >= 11 is 0. The molecule has 136 valence electrons. The zero-order valence-corrected chi connectivity index (χ0v) is 17.4. The molecule has 0 amide bonds. The van der Waals surface area contributed by atoms with Gasteiger partial charge in [0.2, 0.25) is 0 Å². The van der Waals surface area contributed by atoms with E-state index in [0.29, 0.717) is 5.92 Å². The number of hydrogen-bond donors (Lipinski definition) is 1. The third-order valence-electron chi connectivity index (χ3n) is 4.91. The highest BCUT2D eigenvalue weighted by Crippen LogP contribution is 2.17. The van der Waals surface area contributed by atoms with Crippen molar-refractivity contribution in [2.45, 2.75) is 45.6 Å². The molecule has 6 heteroatoms. The van der Waals surface area contributed by atoms with Crippen molar-refractivity contribution in [3.8, 4) is 0 Å². The van der Waals surface area contributed by atoms with Crippen LogP contribution in [0.25, 0.3) is 0 Å². The summed E-state index contributed by atoms with van der Waals surface area (Å²) in [5.41, 5.74) is 0. The Morgan fingerprint density at radius 2 is 2.09 bits per heavy atom. The van der Waals surface area contributed by atoms with Gasteiger partial charge in [0.25, 0.3) is 0 Å². The van der Waals surface area contributed by atoms with Gasteiger partial charge in [-0.25, -0.2) is 0 Å². The predicted octanol–water partition coefficient (Wildman–Crippen LogP) is 2.41. The maximum Gasteiger partial charge on any atom is 0.193 e. The van der Waals surface area contributed by atoms with E-state index in [0.717, 1.165) is 51.3 Å². The van der Waals surface area contributed by atoms with Gasteiger partial charge in [0.05, 0.1) is 13.2 Å².